The summed E-state index contributed by atoms with van der Waals surface area (Å²) in [7, 11) is 0. The molecule has 1 aromatic rings. The summed E-state index contributed by atoms with van der Waals surface area (Å²) in [4.78, 5) is 27.6. The Morgan fingerprint density at radius 1 is 1.30 bits per heavy atom. The normalized spacial score (nSPS) is 21.9. The van der Waals surface area contributed by atoms with Gasteiger partial charge in [0.2, 0.25) is 5.91 Å². The lowest BCUT2D eigenvalue weighted by atomic mass is 9.97. The maximum absolute atomic E-state index is 13.2. The molecule has 0 aliphatic carbocycles. The van der Waals surface area contributed by atoms with Crippen molar-refractivity contribution in [3.63, 3.8) is 0 Å². The van der Waals surface area contributed by atoms with Crippen LogP contribution in [0.15, 0.2) is 18.3 Å². The molecule has 0 saturated carbocycles. The summed E-state index contributed by atoms with van der Waals surface area (Å²) in [5.41, 5.74) is -0.274. The molecular weight excluding hydrogens is 318 g/mol. The van der Waals surface area contributed by atoms with Crippen LogP contribution < -0.4 is 5.32 Å². The molecule has 5 nitrogen and oxygen atoms in total. The summed E-state index contributed by atoms with van der Waals surface area (Å²) >= 11 is 0. The molecule has 2 unspecified atom stereocenters. The quantitative estimate of drug-likeness (QED) is 0.841. The third-order valence-corrected chi connectivity index (χ3v) is 3.57. The van der Waals surface area contributed by atoms with E-state index in [0.29, 0.717) is 4.90 Å². The number of carbonyl (C=O) groups excluding carboxylic acids is 2. The molecule has 1 fully saturated rings. The SMILES string of the molecule is CC(=O)NC1CCC(C(F)(F)F)N(C(=O)c2ccc(F)cn2)C1. The fraction of sp³-hybridized carbons (Fsp3) is 0.500. The van der Waals surface area contributed by atoms with Crippen LogP contribution >= 0.6 is 0 Å². The van der Waals surface area contributed by atoms with Gasteiger partial charge in [0.15, 0.2) is 0 Å². The number of carbonyl (C=O) groups is 2. The van der Waals surface area contributed by atoms with E-state index in [9.17, 15) is 27.2 Å². The number of piperidine rings is 1. The lowest BCUT2D eigenvalue weighted by Gasteiger charge is -2.40. The highest BCUT2D eigenvalue weighted by atomic mass is 19.4. The highest BCUT2D eigenvalue weighted by molar-refractivity contribution is 5.92. The second-order valence-corrected chi connectivity index (χ2v) is 5.35. The Balaban J connectivity index is 2.25. The van der Waals surface area contributed by atoms with Crippen LogP contribution in [-0.2, 0) is 4.79 Å². The van der Waals surface area contributed by atoms with Gasteiger partial charge in [0.25, 0.3) is 5.91 Å². The average molecular weight is 333 g/mol. The van der Waals surface area contributed by atoms with E-state index in [-0.39, 0.29) is 31.0 Å². The van der Waals surface area contributed by atoms with Gasteiger partial charge in [-0.3, -0.25) is 9.59 Å². The van der Waals surface area contributed by atoms with Crippen molar-refractivity contribution in [1.29, 1.82) is 0 Å². The molecule has 2 amide bonds. The zero-order valence-corrected chi connectivity index (χ0v) is 12.2. The summed E-state index contributed by atoms with van der Waals surface area (Å²) in [5, 5.41) is 2.52. The number of halogens is 4. The molecular formula is C14H15F4N3O2. The molecule has 0 radical (unpaired) electrons. The topological polar surface area (TPSA) is 62.3 Å². The molecule has 2 rings (SSSR count). The second kappa shape index (κ2) is 6.51. The summed E-state index contributed by atoms with van der Waals surface area (Å²) < 4.78 is 52.3. The van der Waals surface area contributed by atoms with E-state index in [1.54, 1.807) is 0 Å². The number of hydrogen-bond donors (Lipinski definition) is 1. The molecule has 2 atom stereocenters. The lowest BCUT2D eigenvalue weighted by Crippen LogP contribution is -2.58. The second-order valence-electron chi connectivity index (χ2n) is 5.35. The number of aromatic nitrogens is 1. The van der Waals surface area contributed by atoms with Gasteiger partial charge < -0.3 is 10.2 Å². The molecule has 0 spiro atoms. The van der Waals surface area contributed by atoms with Crippen molar-refractivity contribution >= 4 is 11.8 Å². The Kier molecular flexibility index (Phi) is 4.86. The largest absolute Gasteiger partial charge is 0.408 e. The maximum Gasteiger partial charge on any atom is 0.408 e. The molecule has 2 heterocycles. The lowest BCUT2D eigenvalue weighted by molar-refractivity contribution is -0.184. The van der Waals surface area contributed by atoms with Gasteiger partial charge in [-0.05, 0) is 25.0 Å². The number of alkyl halides is 3. The van der Waals surface area contributed by atoms with Crippen molar-refractivity contribution in [2.45, 2.75) is 38.0 Å². The first-order valence-corrected chi connectivity index (χ1v) is 6.95. The van der Waals surface area contributed by atoms with Crippen LogP contribution in [0.5, 0.6) is 0 Å². The molecule has 1 aliphatic rings. The zero-order chi connectivity index (χ0) is 17.2. The number of likely N-dealkylation sites (tertiary alicyclic amines) is 1. The van der Waals surface area contributed by atoms with Crippen molar-refractivity contribution in [3.8, 4) is 0 Å². The summed E-state index contributed by atoms with van der Waals surface area (Å²) in [6.07, 6.45) is -4.02. The van der Waals surface area contributed by atoms with Crippen LogP contribution in [-0.4, -0.2) is 46.5 Å². The predicted molar refractivity (Wildman–Crippen MR) is 71.9 cm³/mol. The van der Waals surface area contributed by atoms with E-state index >= 15 is 0 Å². The van der Waals surface area contributed by atoms with Gasteiger partial charge in [-0.15, -0.1) is 0 Å². The molecule has 0 bridgehead atoms. The van der Waals surface area contributed by atoms with Gasteiger partial charge >= 0.3 is 6.18 Å². The Bertz CT molecular complexity index is 589. The number of nitrogens with one attached hydrogen (secondary N) is 1. The molecule has 1 aliphatic heterocycles. The van der Waals surface area contributed by atoms with Crippen molar-refractivity contribution in [3.05, 3.63) is 29.8 Å². The third kappa shape index (κ3) is 4.17. The van der Waals surface area contributed by atoms with Crippen molar-refractivity contribution < 1.29 is 27.2 Å². The van der Waals surface area contributed by atoms with Gasteiger partial charge in [-0.25, -0.2) is 9.37 Å². The Hall–Kier alpha value is -2.19. The number of rotatable bonds is 2. The fourth-order valence-electron chi connectivity index (χ4n) is 2.59. The van der Waals surface area contributed by atoms with E-state index in [2.05, 4.69) is 10.3 Å². The van der Waals surface area contributed by atoms with Gasteiger partial charge in [0.05, 0.1) is 6.20 Å². The minimum absolute atomic E-state index is 0.115. The average Bonchev–Trinajstić information content (AvgIpc) is 2.45. The smallest absolute Gasteiger partial charge is 0.352 e. The van der Waals surface area contributed by atoms with E-state index < -0.39 is 30.0 Å². The maximum atomic E-state index is 13.2. The first-order valence-electron chi connectivity index (χ1n) is 6.95. The molecule has 1 N–H and O–H groups in total. The van der Waals surface area contributed by atoms with E-state index in [1.165, 1.54) is 6.92 Å². The molecule has 0 aromatic carbocycles. The minimum Gasteiger partial charge on any atom is -0.352 e. The number of amides is 2. The van der Waals surface area contributed by atoms with Gasteiger partial charge in [0.1, 0.15) is 17.6 Å². The van der Waals surface area contributed by atoms with Crippen LogP contribution in [0.3, 0.4) is 0 Å². The van der Waals surface area contributed by atoms with Gasteiger partial charge in [0, 0.05) is 19.5 Å². The molecule has 126 valence electrons. The van der Waals surface area contributed by atoms with Gasteiger partial charge in [-0.1, -0.05) is 0 Å². The first kappa shape index (κ1) is 17.2. The van der Waals surface area contributed by atoms with Crippen molar-refractivity contribution in [2.75, 3.05) is 6.54 Å². The van der Waals surface area contributed by atoms with Crippen molar-refractivity contribution in [1.82, 2.24) is 15.2 Å². The summed E-state index contributed by atoms with van der Waals surface area (Å²) in [6.45, 7) is 0.977. The zero-order valence-electron chi connectivity index (χ0n) is 12.2. The van der Waals surface area contributed by atoms with Crippen LogP contribution in [0, 0.1) is 5.82 Å². The number of pyridine rings is 1. The van der Waals surface area contributed by atoms with Crippen LogP contribution in [0.25, 0.3) is 0 Å². The summed E-state index contributed by atoms with van der Waals surface area (Å²) in [6, 6.07) is -0.520. The third-order valence-electron chi connectivity index (χ3n) is 3.57. The minimum atomic E-state index is -4.59. The molecule has 1 aromatic heterocycles. The first-order chi connectivity index (χ1) is 10.7. The molecule has 23 heavy (non-hydrogen) atoms. The molecule has 9 heteroatoms. The van der Waals surface area contributed by atoms with Crippen molar-refractivity contribution in [2.24, 2.45) is 0 Å². The Morgan fingerprint density at radius 3 is 2.52 bits per heavy atom. The van der Waals surface area contributed by atoms with Crippen LogP contribution in [0.1, 0.15) is 30.3 Å². The van der Waals surface area contributed by atoms with Crippen LogP contribution in [0.4, 0.5) is 17.6 Å². The number of hydrogen-bond acceptors (Lipinski definition) is 3. The van der Waals surface area contributed by atoms with E-state index in [4.69, 9.17) is 0 Å². The summed E-state index contributed by atoms with van der Waals surface area (Å²) in [5.74, 6) is -2.01. The highest BCUT2D eigenvalue weighted by Gasteiger charge is 2.48. The Labute approximate surface area is 129 Å². The monoisotopic (exact) mass is 333 g/mol. The van der Waals surface area contributed by atoms with E-state index in [1.807, 2.05) is 0 Å². The number of nitrogens with zero attached hydrogens (tertiary/aromatic N) is 2. The predicted octanol–water partition coefficient (Wildman–Crippen LogP) is 1.89. The van der Waals surface area contributed by atoms with Crippen LogP contribution in [0.2, 0.25) is 0 Å². The standard InChI is InChI=1S/C14H15F4N3O2/c1-8(22)20-10-3-5-12(14(16,17)18)21(7-10)13(23)11-4-2-9(15)6-19-11/h2,4,6,10,12H,3,5,7H2,1H3,(H,20,22). The fourth-order valence-corrected chi connectivity index (χ4v) is 2.59. The Morgan fingerprint density at radius 2 is 2.00 bits per heavy atom. The molecule has 1 saturated heterocycles. The van der Waals surface area contributed by atoms with E-state index in [0.717, 1.165) is 18.3 Å². The highest BCUT2D eigenvalue weighted by Crippen LogP contribution is 2.32. The van der Waals surface area contributed by atoms with Gasteiger partial charge in [-0.2, -0.15) is 13.2 Å².